The molecule has 2 aromatic rings. The first-order chi connectivity index (χ1) is 12.0. The van der Waals surface area contributed by atoms with Gasteiger partial charge in [-0.15, -0.1) is 0 Å². The first-order valence-electron chi connectivity index (χ1n) is 8.33. The number of aromatic nitrogens is 3. The molecule has 4 rings (SSSR count). The van der Waals surface area contributed by atoms with Crippen LogP contribution in [-0.4, -0.2) is 59.7 Å². The van der Waals surface area contributed by atoms with Gasteiger partial charge in [0.05, 0.1) is 24.3 Å². The fourth-order valence-electron chi connectivity index (χ4n) is 3.59. The third kappa shape index (κ3) is 2.66. The van der Waals surface area contributed by atoms with Gasteiger partial charge >= 0.3 is 0 Å². The number of amides is 1. The van der Waals surface area contributed by atoms with Crippen LogP contribution >= 0.6 is 0 Å². The molecule has 1 spiro atoms. The van der Waals surface area contributed by atoms with Crippen LogP contribution in [0.5, 0.6) is 0 Å². The largest absolute Gasteiger partial charge is 0.376 e. The van der Waals surface area contributed by atoms with Crippen molar-refractivity contribution in [3.05, 3.63) is 35.0 Å². The van der Waals surface area contributed by atoms with Crippen LogP contribution in [0.4, 0.5) is 5.95 Å². The highest BCUT2D eigenvalue weighted by Crippen LogP contribution is 2.39. The Balaban J connectivity index is 1.64. The molecule has 0 N–H and O–H groups in total. The quantitative estimate of drug-likeness (QED) is 0.809. The van der Waals surface area contributed by atoms with E-state index in [2.05, 4.69) is 10.1 Å². The van der Waals surface area contributed by atoms with Gasteiger partial charge in [0.1, 0.15) is 5.76 Å². The summed E-state index contributed by atoms with van der Waals surface area (Å²) in [6, 6.07) is 1.67. The molecule has 2 aromatic heterocycles. The number of rotatable bonds is 2. The number of hydrogen-bond donors (Lipinski definition) is 0. The highest BCUT2D eigenvalue weighted by Gasteiger charge is 2.46. The summed E-state index contributed by atoms with van der Waals surface area (Å²) in [6.45, 7) is 4.07. The molecule has 0 bridgehead atoms. The average molecular weight is 343 g/mol. The Morgan fingerprint density at radius 2 is 2.24 bits per heavy atom. The van der Waals surface area contributed by atoms with E-state index in [4.69, 9.17) is 14.2 Å². The maximum absolute atomic E-state index is 12.7. The van der Waals surface area contributed by atoms with Gasteiger partial charge in [-0.2, -0.15) is 0 Å². The second kappa shape index (κ2) is 5.80. The number of likely N-dealkylation sites (tertiary alicyclic amines) is 1. The number of fused-ring (bicyclic) bond motifs is 2. The molecule has 1 saturated heterocycles. The maximum Gasteiger partial charge on any atom is 0.276 e. The predicted octanol–water partition coefficient (Wildman–Crippen LogP) is 1.15. The van der Waals surface area contributed by atoms with E-state index < -0.39 is 0 Å². The molecule has 8 heteroatoms. The lowest BCUT2D eigenvalue weighted by atomic mass is 9.80. The van der Waals surface area contributed by atoms with Crippen LogP contribution in [0.2, 0.25) is 0 Å². The standard InChI is InChI=1S/C17H21N5O3/c1-11-6-13(20-25-11)15(23)22-5-4-17(9-22)10-24-8-12-7-18-16(21(2)3)19-14(12)17/h6-7H,4-5,8-10H2,1-3H3/t17-/m1/s1. The van der Waals surface area contributed by atoms with E-state index in [1.54, 1.807) is 13.0 Å². The number of anilines is 1. The molecule has 0 aliphatic carbocycles. The Morgan fingerprint density at radius 1 is 1.40 bits per heavy atom. The van der Waals surface area contributed by atoms with Crippen molar-refractivity contribution in [2.75, 3.05) is 38.7 Å². The summed E-state index contributed by atoms with van der Waals surface area (Å²) >= 11 is 0. The average Bonchev–Trinajstić information content (AvgIpc) is 3.22. The molecule has 25 heavy (non-hydrogen) atoms. The smallest absolute Gasteiger partial charge is 0.276 e. The van der Waals surface area contributed by atoms with Crippen molar-refractivity contribution in [2.45, 2.75) is 25.4 Å². The Bertz CT molecular complexity index is 818. The molecule has 2 aliphatic rings. The molecule has 1 atom stereocenters. The molecule has 8 nitrogen and oxygen atoms in total. The van der Waals surface area contributed by atoms with E-state index in [9.17, 15) is 4.79 Å². The van der Waals surface area contributed by atoms with Crippen LogP contribution in [0, 0.1) is 6.92 Å². The molecule has 2 aliphatic heterocycles. The lowest BCUT2D eigenvalue weighted by Crippen LogP contribution is -2.42. The van der Waals surface area contributed by atoms with Crippen molar-refractivity contribution >= 4 is 11.9 Å². The van der Waals surface area contributed by atoms with Crippen LogP contribution in [0.1, 0.15) is 33.9 Å². The summed E-state index contributed by atoms with van der Waals surface area (Å²) in [4.78, 5) is 25.6. The van der Waals surface area contributed by atoms with E-state index in [1.807, 2.05) is 30.1 Å². The Morgan fingerprint density at radius 3 is 2.96 bits per heavy atom. The summed E-state index contributed by atoms with van der Waals surface area (Å²) in [5, 5.41) is 3.85. The summed E-state index contributed by atoms with van der Waals surface area (Å²) in [6.07, 6.45) is 2.65. The number of nitrogens with zero attached hydrogens (tertiary/aromatic N) is 5. The zero-order chi connectivity index (χ0) is 17.6. The Labute approximate surface area is 145 Å². The fourth-order valence-corrected chi connectivity index (χ4v) is 3.59. The molecular formula is C17H21N5O3. The summed E-state index contributed by atoms with van der Waals surface area (Å²) in [5.74, 6) is 1.20. The van der Waals surface area contributed by atoms with E-state index in [1.165, 1.54) is 0 Å². The summed E-state index contributed by atoms with van der Waals surface area (Å²) < 4.78 is 10.8. The lowest BCUT2D eigenvalue weighted by Gasteiger charge is -2.34. The van der Waals surface area contributed by atoms with Crippen LogP contribution in [0.25, 0.3) is 0 Å². The second-order valence-electron chi connectivity index (χ2n) is 7.01. The van der Waals surface area contributed by atoms with Gasteiger partial charge in [0, 0.05) is 45.0 Å². The molecule has 1 fully saturated rings. The van der Waals surface area contributed by atoms with Crippen molar-refractivity contribution in [1.29, 1.82) is 0 Å². The monoisotopic (exact) mass is 343 g/mol. The predicted molar refractivity (Wildman–Crippen MR) is 89.5 cm³/mol. The Kier molecular flexibility index (Phi) is 3.72. The third-order valence-corrected chi connectivity index (χ3v) is 4.88. The number of ether oxygens (including phenoxy) is 1. The molecule has 0 aromatic carbocycles. The van der Waals surface area contributed by atoms with E-state index in [-0.39, 0.29) is 11.3 Å². The first kappa shape index (κ1) is 16.0. The van der Waals surface area contributed by atoms with Gasteiger partial charge in [0.25, 0.3) is 5.91 Å². The second-order valence-corrected chi connectivity index (χ2v) is 7.01. The van der Waals surface area contributed by atoms with Gasteiger partial charge in [-0.05, 0) is 13.3 Å². The highest BCUT2D eigenvalue weighted by molar-refractivity contribution is 5.92. The highest BCUT2D eigenvalue weighted by atomic mass is 16.5. The zero-order valence-corrected chi connectivity index (χ0v) is 14.7. The minimum atomic E-state index is -0.282. The van der Waals surface area contributed by atoms with Gasteiger partial charge < -0.3 is 19.1 Å². The number of carbonyl (C=O) groups excluding carboxylic acids is 1. The van der Waals surface area contributed by atoms with Crippen LogP contribution in [-0.2, 0) is 16.8 Å². The normalized spacial score (nSPS) is 22.3. The molecule has 1 amide bonds. The van der Waals surface area contributed by atoms with Crippen molar-refractivity contribution in [1.82, 2.24) is 20.0 Å². The van der Waals surface area contributed by atoms with Gasteiger partial charge in [-0.3, -0.25) is 4.79 Å². The Hall–Kier alpha value is -2.48. The molecule has 4 heterocycles. The van der Waals surface area contributed by atoms with Crippen molar-refractivity contribution < 1.29 is 14.1 Å². The summed E-state index contributed by atoms with van der Waals surface area (Å²) in [5.41, 5.74) is 2.08. The van der Waals surface area contributed by atoms with Crippen molar-refractivity contribution in [2.24, 2.45) is 0 Å². The van der Waals surface area contributed by atoms with Gasteiger partial charge in [-0.1, -0.05) is 5.16 Å². The van der Waals surface area contributed by atoms with Gasteiger partial charge in [0.2, 0.25) is 5.95 Å². The minimum absolute atomic E-state index is 0.109. The molecule has 132 valence electrons. The topological polar surface area (TPSA) is 84.6 Å². The maximum atomic E-state index is 12.7. The minimum Gasteiger partial charge on any atom is -0.376 e. The molecular weight excluding hydrogens is 322 g/mol. The van der Waals surface area contributed by atoms with E-state index in [0.717, 1.165) is 17.7 Å². The lowest BCUT2D eigenvalue weighted by molar-refractivity contribution is 0.0483. The van der Waals surface area contributed by atoms with Crippen LogP contribution < -0.4 is 4.90 Å². The number of carbonyl (C=O) groups is 1. The van der Waals surface area contributed by atoms with E-state index >= 15 is 0 Å². The number of aryl methyl sites for hydroxylation is 1. The molecule has 0 saturated carbocycles. The third-order valence-electron chi connectivity index (χ3n) is 4.88. The summed E-state index contributed by atoms with van der Waals surface area (Å²) in [7, 11) is 3.84. The first-order valence-corrected chi connectivity index (χ1v) is 8.33. The molecule has 0 radical (unpaired) electrons. The van der Waals surface area contributed by atoms with E-state index in [0.29, 0.717) is 43.7 Å². The SMILES string of the molecule is Cc1cc(C(=O)N2CC[C@]3(COCc4cnc(N(C)C)nc43)C2)no1. The molecule has 0 unspecified atom stereocenters. The van der Waals surface area contributed by atoms with Gasteiger partial charge in [-0.25, -0.2) is 9.97 Å². The number of hydrogen-bond acceptors (Lipinski definition) is 7. The van der Waals surface area contributed by atoms with Crippen LogP contribution in [0.3, 0.4) is 0 Å². The van der Waals surface area contributed by atoms with Crippen LogP contribution in [0.15, 0.2) is 16.8 Å². The zero-order valence-electron chi connectivity index (χ0n) is 14.7. The van der Waals surface area contributed by atoms with Gasteiger partial charge in [0.15, 0.2) is 5.69 Å². The van der Waals surface area contributed by atoms with Crippen molar-refractivity contribution in [3.63, 3.8) is 0 Å². The van der Waals surface area contributed by atoms with Crippen molar-refractivity contribution in [3.8, 4) is 0 Å². The fraction of sp³-hybridized carbons (Fsp3) is 0.529.